The first-order valence-electron chi connectivity index (χ1n) is 8.82. The van der Waals surface area contributed by atoms with Crippen LogP contribution >= 0.6 is 0 Å². The van der Waals surface area contributed by atoms with Crippen molar-refractivity contribution in [3.8, 4) is 11.5 Å². The zero-order chi connectivity index (χ0) is 19.4. The Bertz CT molecular complexity index is 964. The van der Waals surface area contributed by atoms with Gasteiger partial charge in [0, 0.05) is 25.3 Å². The first-order chi connectivity index (χ1) is 13.1. The van der Waals surface area contributed by atoms with Crippen LogP contribution in [0.15, 0.2) is 36.4 Å². The molecular formula is C20H23N3O3S. The van der Waals surface area contributed by atoms with Crippen molar-refractivity contribution in [2.75, 3.05) is 32.2 Å². The molecule has 0 atom stereocenters. The molecule has 6 nitrogen and oxygen atoms in total. The normalized spacial score (nSPS) is 10.7. The van der Waals surface area contributed by atoms with E-state index in [1.54, 1.807) is 0 Å². The first-order valence-corrected chi connectivity index (χ1v) is 9.57. The van der Waals surface area contributed by atoms with Gasteiger partial charge in [-0.05, 0) is 32.0 Å². The number of para-hydroxylation sites is 1. The summed E-state index contributed by atoms with van der Waals surface area (Å²) >= 11 is 0.426. The van der Waals surface area contributed by atoms with Gasteiger partial charge < -0.3 is 19.4 Å². The maximum Gasteiger partial charge on any atom is 0.152 e. The van der Waals surface area contributed by atoms with Crippen molar-refractivity contribution in [1.29, 1.82) is 0 Å². The molecule has 3 aromatic rings. The second kappa shape index (κ2) is 8.26. The van der Waals surface area contributed by atoms with Crippen molar-refractivity contribution in [2.24, 2.45) is 0 Å². The Morgan fingerprint density at radius 3 is 2.41 bits per heavy atom. The van der Waals surface area contributed by atoms with Gasteiger partial charge in [0.05, 0.1) is 13.2 Å². The number of benzene rings is 2. The monoisotopic (exact) mass is 385 g/mol. The van der Waals surface area contributed by atoms with E-state index in [-0.39, 0.29) is 0 Å². The van der Waals surface area contributed by atoms with Gasteiger partial charge in [0.25, 0.3) is 0 Å². The Kier molecular flexibility index (Phi) is 5.81. The van der Waals surface area contributed by atoms with E-state index in [0.29, 0.717) is 52.2 Å². The summed E-state index contributed by atoms with van der Waals surface area (Å²) in [6, 6.07) is 11.5. The van der Waals surface area contributed by atoms with Crippen LogP contribution in [0.2, 0.25) is 0 Å². The summed E-state index contributed by atoms with van der Waals surface area (Å²) in [6.07, 6.45) is 0. The lowest BCUT2D eigenvalue weighted by Gasteiger charge is -2.16. The average Bonchev–Trinajstić information content (AvgIpc) is 3.10. The molecule has 1 heterocycles. The van der Waals surface area contributed by atoms with E-state index in [1.807, 2.05) is 69.2 Å². The number of imidazole rings is 1. The molecule has 0 bridgehead atoms. The molecule has 2 aromatic carbocycles. The van der Waals surface area contributed by atoms with Gasteiger partial charge in [0.15, 0.2) is 5.82 Å². The Morgan fingerprint density at radius 2 is 1.74 bits per heavy atom. The number of aromatic amines is 1. The van der Waals surface area contributed by atoms with Crippen molar-refractivity contribution in [1.82, 2.24) is 9.97 Å². The predicted octanol–water partition coefficient (Wildman–Crippen LogP) is 3.21. The number of aromatic nitrogens is 2. The summed E-state index contributed by atoms with van der Waals surface area (Å²) in [7, 11) is 3.90. The third-order valence-electron chi connectivity index (χ3n) is 4.10. The number of H-pyrrole nitrogens is 1. The molecule has 0 unspecified atom stereocenters. The molecule has 0 aliphatic carbocycles. The molecule has 7 heteroatoms. The van der Waals surface area contributed by atoms with E-state index < -0.39 is 0 Å². The maximum atomic E-state index is 12.0. The number of fused-ring (bicyclic) bond motifs is 1. The smallest absolute Gasteiger partial charge is 0.152 e. The van der Waals surface area contributed by atoms with Crippen molar-refractivity contribution < 1.29 is 13.7 Å². The fraction of sp³-hybridized carbons (Fsp3) is 0.300. The molecule has 1 N–H and O–H groups in total. The fourth-order valence-corrected chi connectivity index (χ4v) is 3.40. The second-order valence-corrected chi connectivity index (χ2v) is 6.64. The van der Waals surface area contributed by atoms with E-state index in [1.165, 1.54) is 0 Å². The van der Waals surface area contributed by atoms with Crippen molar-refractivity contribution in [2.45, 2.75) is 13.8 Å². The Balaban J connectivity index is 2.20. The fourth-order valence-electron chi connectivity index (χ4n) is 2.97. The van der Waals surface area contributed by atoms with Gasteiger partial charge in [0.1, 0.15) is 38.7 Å². The van der Waals surface area contributed by atoms with Crippen LogP contribution in [0.3, 0.4) is 0 Å². The summed E-state index contributed by atoms with van der Waals surface area (Å²) in [6.45, 7) is 4.92. The molecule has 0 saturated carbocycles. The Morgan fingerprint density at radius 1 is 1.07 bits per heavy atom. The Hall–Kier alpha value is -2.80. The number of rotatable bonds is 7. The highest BCUT2D eigenvalue weighted by Gasteiger charge is 2.19. The molecule has 3 rings (SSSR count). The topological polar surface area (TPSA) is 67.5 Å². The molecule has 0 fully saturated rings. The third-order valence-corrected chi connectivity index (χ3v) is 4.68. The lowest BCUT2D eigenvalue weighted by molar-refractivity contribution is 0.336. The van der Waals surface area contributed by atoms with Gasteiger partial charge in [-0.1, -0.05) is 18.2 Å². The molecule has 0 aliphatic rings. The van der Waals surface area contributed by atoms with Gasteiger partial charge in [-0.15, -0.1) is 0 Å². The first kappa shape index (κ1) is 19.0. The zero-order valence-corrected chi connectivity index (χ0v) is 16.7. The van der Waals surface area contributed by atoms with Crippen molar-refractivity contribution in [3.63, 3.8) is 0 Å². The highest BCUT2D eigenvalue weighted by atomic mass is 32.1. The highest BCUT2D eigenvalue weighted by Crippen LogP contribution is 2.32. The van der Waals surface area contributed by atoms with E-state index in [9.17, 15) is 4.21 Å². The molecule has 0 aliphatic heterocycles. The molecular weight excluding hydrogens is 362 g/mol. The molecule has 142 valence electrons. The van der Waals surface area contributed by atoms with E-state index >= 15 is 0 Å². The molecule has 0 spiro atoms. The molecule has 0 amide bonds. The van der Waals surface area contributed by atoms with Crippen LogP contribution in [0.4, 0.5) is 5.69 Å². The number of nitrogens with zero attached hydrogens (tertiary/aromatic N) is 2. The van der Waals surface area contributed by atoms with E-state index in [4.69, 9.17) is 9.47 Å². The van der Waals surface area contributed by atoms with Gasteiger partial charge in [-0.3, -0.25) is 0 Å². The quantitative estimate of drug-likeness (QED) is 0.500. The van der Waals surface area contributed by atoms with Gasteiger partial charge in [0.2, 0.25) is 0 Å². The number of hydrogen-bond acceptors (Lipinski definition) is 5. The summed E-state index contributed by atoms with van der Waals surface area (Å²) in [5.41, 5.74) is 3.17. The maximum absolute atomic E-state index is 12.0. The van der Waals surface area contributed by atoms with Crippen molar-refractivity contribution in [3.05, 3.63) is 47.8 Å². The predicted molar refractivity (Wildman–Crippen MR) is 111 cm³/mol. The standard InChI is InChI=1S/C20H23N3O3S/c1-5-25-15-11-12-16(26-6-2)18-17(15)21-20(22-18)19(27-24)13-9-7-8-10-14(13)23(3)4/h7-12H,5-6H2,1-4H3,(H,21,22). The van der Waals surface area contributed by atoms with Crippen LogP contribution in [0, 0.1) is 0 Å². The lowest BCUT2D eigenvalue weighted by atomic mass is 10.1. The molecule has 0 radical (unpaired) electrons. The second-order valence-electron chi connectivity index (χ2n) is 6.06. The molecule has 0 saturated heterocycles. The van der Waals surface area contributed by atoms with Gasteiger partial charge in [-0.2, -0.15) is 0 Å². The van der Waals surface area contributed by atoms with E-state index in [0.717, 1.165) is 16.8 Å². The van der Waals surface area contributed by atoms with Crippen LogP contribution in [-0.4, -0.2) is 46.4 Å². The largest absolute Gasteiger partial charge is 0.492 e. The molecule has 27 heavy (non-hydrogen) atoms. The zero-order valence-electron chi connectivity index (χ0n) is 15.9. The number of nitrogens with one attached hydrogen (secondary N) is 1. The SMILES string of the molecule is CCOc1ccc(OCC)c2[nH]c(C(=S=O)c3ccccc3N(C)C)nc12. The lowest BCUT2D eigenvalue weighted by Crippen LogP contribution is -2.15. The van der Waals surface area contributed by atoms with E-state index in [2.05, 4.69) is 9.97 Å². The van der Waals surface area contributed by atoms with Crippen LogP contribution in [-0.2, 0) is 11.3 Å². The van der Waals surface area contributed by atoms with Crippen molar-refractivity contribution >= 4 is 32.8 Å². The summed E-state index contributed by atoms with van der Waals surface area (Å²) in [5, 5.41) is 0. The molecule has 1 aromatic heterocycles. The van der Waals surface area contributed by atoms with Gasteiger partial charge >= 0.3 is 0 Å². The highest BCUT2D eigenvalue weighted by molar-refractivity contribution is 7.67. The van der Waals surface area contributed by atoms with Crippen LogP contribution in [0.1, 0.15) is 25.2 Å². The summed E-state index contributed by atoms with van der Waals surface area (Å²) < 4.78 is 23.5. The number of anilines is 1. The minimum Gasteiger partial charge on any atom is -0.492 e. The minimum atomic E-state index is 0.426. The summed E-state index contributed by atoms with van der Waals surface area (Å²) in [4.78, 5) is 10.5. The van der Waals surface area contributed by atoms with Crippen LogP contribution < -0.4 is 14.4 Å². The van der Waals surface area contributed by atoms with Crippen LogP contribution in [0.5, 0.6) is 11.5 Å². The number of ether oxygens (including phenoxy) is 2. The third kappa shape index (κ3) is 3.68. The number of hydrogen-bond donors (Lipinski definition) is 1. The average molecular weight is 385 g/mol. The summed E-state index contributed by atoms with van der Waals surface area (Å²) in [5.74, 6) is 1.85. The van der Waals surface area contributed by atoms with Gasteiger partial charge in [-0.25, -0.2) is 9.19 Å². The van der Waals surface area contributed by atoms with Crippen LogP contribution in [0.25, 0.3) is 11.0 Å². The Labute approximate surface area is 162 Å². The minimum absolute atomic E-state index is 0.426.